The van der Waals surface area contributed by atoms with Crippen LogP contribution >= 0.6 is 23.2 Å². The summed E-state index contributed by atoms with van der Waals surface area (Å²) in [5.41, 5.74) is 3.65. The highest BCUT2D eigenvalue weighted by molar-refractivity contribution is 6.35. The zero-order chi connectivity index (χ0) is 23.1. The van der Waals surface area contributed by atoms with Crippen LogP contribution in [0.5, 0.6) is 11.5 Å². The number of hydrogen-bond acceptors (Lipinski definition) is 7. The van der Waals surface area contributed by atoms with Crippen molar-refractivity contribution in [1.82, 2.24) is 15.2 Å². The molecule has 1 heterocycles. The molecule has 0 radical (unpaired) electrons. The molecule has 0 saturated heterocycles. The van der Waals surface area contributed by atoms with Gasteiger partial charge in [-0.3, -0.25) is 19.6 Å². The number of ether oxygens (including phenoxy) is 2. The summed E-state index contributed by atoms with van der Waals surface area (Å²) in [5, 5.41) is 19.5. The lowest BCUT2D eigenvalue weighted by atomic mass is 10.1. The standard InChI is InChI=1S/C20H17Cl2N5O5/c1-31-18-4-2-13(6-14(18)10-26-11-16(9-24-26)27(29)30)8-23-25-20(28)12-32-19-5-3-15(21)7-17(19)22/h2-9,11H,10,12H2,1H3,(H,25,28)/b23-8+. The topological polar surface area (TPSA) is 121 Å². The number of methoxy groups -OCH3 is 1. The molecule has 0 saturated carbocycles. The van der Waals surface area contributed by atoms with E-state index in [1.54, 1.807) is 30.3 Å². The van der Waals surface area contributed by atoms with E-state index in [-0.39, 0.29) is 18.8 Å². The van der Waals surface area contributed by atoms with Crippen LogP contribution in [0.15, 0.2) is 53.9 Å². The van der Waals surface area contributed by atoms with Crippen molar-refractivity contribution in [2.45, 2.75) is 6.54 Å². The van der Waals surface area contributed by atoms with E-state index in [0.29, 0.717) is 27.1 Å². The molecule has 0 aliphatic rings. The number of benzene rings is 2. The number of nitrogens with zero attached hydrogens (tertiary/aromatic N) is 4. The Balaban J connectivity index is 1.60. The summed E-state index contributed by atoms with van der Waals surface area (Å²) in [7, 11) is 1.52. The smallest absolute Gasteiger partial charge is 0.307 e. The zero-order valence-electron chi connectivity index (χ0n) is 16.7. The first kappa shape index (κ1) is 23.0. The normalized spacial score (nSPS) is 10.8. The summed E-state index contributed by atoms with van der Waals surface area (Å²) in [6.45, 7) is -0.0363. The van der Waals surface area contributed by atoms with E-state index in [9.17, 15) is 14.9 Å². The maximum Gasteiger partial charge on any atom is 0.307 e. The van der Waals surface area contributed by atoms with Gasteiger partial charge in [0.2, 0.25) is 0 Å². The number of aromatic nitrogens is 2. The molecule has 10 nitrogen and oxygen atoms in total. The van der Waals surface area contributed by atoms with Crippen LogP contribution in [0.2, 0.25) is 10.0 Å². The zero-order valence-corrected chi connectivity index (χ0v) is 18.2. The molecule has 0 unspecified atom stereocenters. The Labute approximate surface area is 192 Å². The van der Waals surface area contributed by atoms with Crippen molar-refractivity contribution < 1.29 is 19.2 Å². The number of hydrazone groups is 1. The molecule has 166 valence electrons. The maximum absolute atomic E-state index is 11.9. The van der Waals surface area contributed by atoms with Crippen molar-refractivity contribution in [3.05, 3.63) is 80.1 Å². The molecule has 32 heavy (non-hydrogen) atoms. The van der Waals surface area contributed by atoms with E-state index < -0.39 is 10.8 Å². The Morgan fingerprint density at radius 3 is 2.75 bits per heavy atom. The summed E-state index contributed by atoms with van der Waals surface area (Å²) in [4.78, 5) is 22.3. The molecule has 3 rings (SSSR count). The van der Waals surface area contributed by atoms with Gasteiger partial charge in [0.15, 0.2) is 6.61 Å². The summed E-state index contributed by atoms with van der Waals surface area (Å²) >= 11 is 11.8. The highest BCUT2D eigenvalue weighted by Gasteiger charge is 2.11. The minimum atomic E-state index is -0.517. The Morgan fingerprint density at radius 1 is 1.28 bits per heavy atom. The van der Waals surface area contributed by atoms with Crippen LogP contribution in [-0.4, -0.2) is 40.5 Å². The second kappa shape index (κ2) is 10.6. The number of carbonyl (C=O) groups excluding carboxylic acids is 1. The Morgan fingerprint density at radius 2 is 2.06 bits per heavy atom. The summed E-state index contributed by atoms with van der Waals surface area (Å²) in [6.07, 6.45) is 3.95. The predicted molar refractivity (Wildman–Crippen MR) is 119 cm³/mol. The molecule has 1 amide bonds. The van der Waals surface area contributed by atoms with Crippen molar-refractivity contribution in [3.8, 4) is 11.5 Å². The lowest BCUT2D eigenvalue weighted by molar-refractivity contribution is -0.385. The minimum absolute atomic E-state index is 0.105. The molecule has 12 heteroatoms. The molecule has 1 aromatic heterocycles. The highest BCUT2D eigenvalue weighted by atomic mass is 35.5. The fraction of sp³-hybridized carbons (Fsp3) is 0.150. The van der Waals surface area contributed by atoms with Crippen molar-refractivity contribution in [3.63, 3.8) is 0 Å². The van der Waals surface area contributed by atoms with Gasteiger partial charge in [0.25, 0.3) is 5.91 Å². The van der Waals surface area contributed by atoms with Gasteiger partial charge < -0.3 is 9.47 Å². The Bertz CT molecular complexity index is 1170. The number of halogens is 2. The highest BCUT2D eigenvalue weighted by Crippen LogP contribution is 2.27. The number of rotatable bonds is 9. The van der Waals surface area contributed by atoms with Gasteiger partial charge in [0.05, 0.1) is 29.8 Å². The minimum Gasteiger partial charge on any atom is -0.496 e. The fourth-order valence-corrected chi connectivity index (χ4v) is 3.12. The predicted octanol–water partition coefficient (Wildman–Crippen LogP) is 3.68. The first-order valence-corrected chi connectivity index (χ1v) is 9.85. The number of nitro groups is 1. The quantitative estimate of drug-likeness (QED) is 0.285. The molecule has 1 N–H and O–H groups in total. The van der Waals surface area contributed by atoms with Gasteiger partial charge in [-0.2, -0.15) is 10.2 Å². The van der Waals surface area contributed by atoms with Crippen molar-refractivity contribution in [2.75, 3.05) is 13.7 Å². The number of carbonyl (C=O) groups is 1. The molecular weight excluding hydrogens is 461 g/mol. The van der Waals surface area contributed by atoms with E-state index >= 15 is 0 Å². The molecule has 0 spiro atoms. The molecule has 0 atom stereocenters. The third kappa shape index (κ3) is 6.19. The monoisotopic (exact) mass is 477 g/mol. The first-order valence-electron chi connectivity index (χ1n) is 9.09. The molecular formula is C20H17Cl2N5O5. The van der Waals surface area contributed by atoms with Gasteiger partial charge in [0, 0.05) is 10.6 Å². The Hall–Kier alpha value is -3.63. The van der Waals surface area contributed by atoms with E-state index in [0.717, 1.165) is 5.56 Å². The van der Waals surface area contributed by atoms with Crippen LogP contribution in [0.3, 0.4) is 0 Å². The Kier molecular flexibility index (Phi) is 7.63. The van der Waals surface area contributed by atoms with Gasteiger partial charge in [-0.05, 0) is 42.0 Å². The van der Waals surface area contributed by atoms with Crippen LogP contribution in [0.4, 0.5) is 5.69 Å². The van der Waals surface area contributed by atoms with Crippen LogP contribution in [0.1, 0.15) is 11.1 Å². The third-order valence-electron chi connectivity index (χ3n) is 4.12. The van der Waals surface area contributed by atoms with Crippen molar-refractivity contribution in [1.29, 1.82) is 0 Å². The van der Waals surface area contributed by atoms with Gasteiger partial charge in [-0.15, -0.1) is 0 Å². The average Bonchev–Trinajstić information content (AvgIpc) is 3.22. The molecule has 2 aromatic carbocycles. The maximum atomic E-state index is 11.9. The van der Waals surface area contributed by atoms with Crippen LogP contribution < -0.4 is 14.9 Å². The van der Waals surface area contributed by atoms with Gasteiger partial charge in [0.1, 0.15) is 23.9 Å². The molecule has 0 aliphatic heterocycles. The van der Waals surface area contributed by atoms with Crippen molar-refractivity contribution in [2.24, 2.45) is 5.10 Å². The fourth-order valence-electron chi connectivity index (χ4n) is 2.66. The van der Waals surface area contributed by atoms with E-state index in [1.807, 2.05) is 0 Å². The molecule has 0 aliphatic carbocycles. The number of hydrogen-bond donors (Lipinski definition) is 1. The van der Waals surface area contributed by atoms with Crippen LogP contribution in [0, 0.1) is 10.1 Å². The SMILES string of the molecule is COc1ccc(/C=N/NC(=O)COc2ccc(Cl)cc2Cl)cc1Cn1cc([N+](=O)[O-])cn1. The summed E-state index contributed by atoms with van der Waals surface area (Å²) in [5.74, 6) is 0.427. The third-order valence-corrected chi connectivity index (χ3v) is 4.65. The van der Waals surface area contributed by atoms with E-state index in [1.165, 1.54) is 36.5 Å². The average molecular weight is 478 g/mol. The first-order chi connectivity index (χ1) is 15.4. The molecule has 0 bridgehead atoms. The van der Waals surface area contributed by atoms with E-state index in [4.69, 9.17) is 32.7 Å². The summed E-state index contributed by atoms with van der Waals surface area (Å²) < 4.78 is 12.1. The largest absolute Gasteiger partial charge is 0.496 e. The van der Waals surface area contributed by atoms with Crippen molar-refractivity contribution >= 4 is 41.0 Å². The van der Waals surface area contributed by atoms with Gasteiger partial charge in [-0.1, -0.05) is 23.2 Å². The number of nitrogens with one attached hydrogen (secondary N) is 1. The van der Waals surface area contributed by atoms with E-state index in [2.05, 4.69) is 15.6 Å². The second-order valence-electron chi connectivity index (χ2n) is 6.38. The molecule has 0 fully saturated rings. The lowest BCUT2D eigenvalue weighted by Gasteiger charge is -2.09. The molecule has 3 aromatic rings. The van der Waals surface area contributed by atoms with Crippen LogP contribution in [0.25, 0.3) is 0 Å². The second-order valence-corrected chi connectivity index (χ2v) is 7.22. The number of amides is 1. The van der Waals surface area contributed by atoms with Gasteiger partial charge in [-0.25, -0.2) is 5.43 Å². The summed E-state index contributed by atoms with van der Waals surface area (Å²) in [6, 6.07) is 9.91. The van der Waals surface area contributed by atoms with Crippen LogP contribution in [-0.2, 0) is 11.3 Å². The van der Waals surface area contributed by atoms with Gasteiger partial charge >= 0.3 is 5.69 Å². The lowest BCUT2D eigenvalue weighted by Crippen LogP contribution is -2.24.